The van der Waals surface area contributed by atoms with E-state index in [4.69, 9.17) is 0 Å². The van der Waals surface area contributed by atoms with Crippen LogP contribution in [0.5, 0.6) is 0 Å². The largest absolute Gasteiger partial charge is 0.309 e. The highest BCUT2D eigenvalue weighted by molar-refractivity contribution is 5.93. The van der Waals surface area contributed by atoms with Gasteiger partial charge in [0.1, 0.15) is 11.6 Å². The Kier molecular flexibility index (Phi) is 6.23. The third kappa shape index (κ3) is 4.41. The van der Waals surface area contributed by atoms with Crippen molar-refractivity contribution in [3.63, 3.8) is 0 Å². The molecule has 0 spiro atoms. The highest BCUT2D eigenvalue weighted by Gasteiger charge is 2.21. The van der Waals surface area contributed by atoms with Crippen LogP contribution in [0, 0.1) is 31.1 Å². The van der Waals surface area contributed by atoms with Crippen molar-refractivity contribution >= 4 is 11.7 Å². The molecule has 2 aromatic rings. The van der Waals surface area contributed by atoms with E-state index < -0.39 is 0 Å². The first-order chi connectivity index (χ1) is 12.0. The van der Waals surface area contributed by atoms with Crippen LogP contribution in [0.1, 0.15) is 56.5 Å². The average Bonchev–Trinajstić information content (AvgIpc) is 2.97. The molecule has 1 amide bonds. The predicted octanol–water partition coefficient (Wildman–Crippen LogP) is 3.31. The number of anilines is 1. The maximum absolute atomic E-state index is 12.6. The van der Waals surface area contributed by atoms with Gasteiger partial charge in [0.2, 0.25) is 5.91 Å². The van der Waals surface area contributed by atoms with E-state index in [0.29, 0.717) is 17.3 Å². The number of hydrogen-bond donors (Lipinski definition) is 1. The van der Waals surface area contributed by atoms with E-state index in [-0.39, 0.29) is 11.8 Å². The van der Waals surface area contributed by atoms with Gasteiger partial charge < -0.3 is 5.32 Å². The number of carbonyl (C=O) groups excluding carboxylic acids is 1. The molecule has 0 radical (unpaired) electrons. The first kappa shape index (κ1) is 18.6. The Hall–Kier alpha value is -2.75. The van der Waals surface area contributed by atoms with E-state index in [0.717, 1.165) is 37.1 Å². The van der Waals surface area contributed by atoms with Crippen LogP contribution >= 0.6 is 0 Å². The predicted molar refractivity (Wildman–Crippen MR) is 95.3 cm³/mol. The van der Waals surface area contributed by atoms with E-state index in [1.165, 1.54) is 10.9 Å². The van der Waals surface area contributed by atoms with Gasteiger partial charge in [-0.1, -0.05) is 26.7 Å². The monoisotopic (exact) mass is 340 g/mol. The minimum Gasteiger partial charge on any atom is -0.309 e. The molecule has 0 aliphatic heterocycles. The van der Waals surface area contributed by atoms with E-state index in [9.17, 15) is 10.1 Å². The summed E-state index contributed by atoms with van der Waals surface area (Å²) in [5.74, 6) is 0.483. The van der Waals surface area contributed by atoms with Gasteiger partial charge in [0.15, 0.2) is 5.82 Å². The summed E-state index contributed by atoms with van der Waals surface area (Å²) in [4.78, 5) is 21.4. The molecule has 1 N–H and O–H groups in total. The van der Waals surface area contributed by atoms with Gasteiger partial charge in [-0.3, -0.25) is 4.79 Å². The third-order valence-electron chi connectivity index (χ3n) is 4.06. The molecule has 0 bridgehead atoms. The molecular weight excluding hydrogens is 316 g/mol. The highest BCUT2D eigenvalue weighted by atomic mass is 16.2. The normalized spacial score (nSPS) is 11.8. The smallest absolute Gasteiger partial charge is 0.252 e. The van der Waals surface area contributed by atoms with Crippen LogP contribution in [0.15, 0.2) is 12.3 Å². The molecule has 2 aromatic heterocycles. The van der Waals surface area contributed by atoms with E-state index in [1.54, 1.807) is 0 Å². The van der Waals surface area contributed by atoms with Gasteiger partial charge in [-0.2, -0.15) is 15.0 Å². The summed E-state index contributed by atoms with van der Waals surface area (Å²) in [6.45, 7) is 7.83. The lowest BCUT2D eigenvalue weighted by Crippen LogP contribution is -2.24. The molecule has 0 aliphatic rings. The molecular formula is C18H24N6O. The van der Waals surface area contributed by atoms with Gasteiger partial charge in [-0.15, -0.1) is 0 Å². The van der Waals surface area contributed by atoms with Gasteiger partial charge in [-0.25, -0.2) is 9.97 Å². The van der Waals surface area contributed by atoms with Crippen molar-refractivity contribution in [2.24, 2.45) is 5.92 Å². The summed E-state index contributed by atoms with van der Waals surface area (Å²) < 4.78 is 1.42. The zero-order valence-electron chi connectivity index (χ0n) is 15.2. The van der Waals surface area contributed by atoms with E-state index in [2.05, 4.69) is 33.4 Å². The van der Waals surface area contributed by atoms with E-state index >= 15 is 0 Å². The molecule has 7 heteroatoms. The first-order valence-corrected chi connectivity index (χ1v) is 8.61. The Labute approximate surface area is 148 Å². The lowest BCUT2D eigenvalue weighted by Gasteiger charge is -2.15. The summed E-state index contributed by atoms with van der Waals surface area (Å²) in [6.07, 6.45) is 5.04. The molecule has 1 atom stereocenters. The van der Waals surface area contributed by atoms with Gasteiger partial charge >= 0.3 is 0 Å². The number of aryl methyl sites for hydroxylation is 2. The molecule has 0 saturated carbocycles. The number of aromatic nitrogens is 4. The number of nitriles is 1. The molecule has 0 aromatic carbocycles. The molecule has 132 valence electrons. The molecule has 25 heavy (non-hydrogen) atoms. The SMILES string of the molecule is CCCC[C@@H](CC)C(=O)Nc1c(C#N)cnn1-c1nc(C)cc(C)n1. The van der Waals surface area contributed by atoms with Gasteiger partial charge in [0.25, 0.3) is 5.95 Å². The van der Waals surface area contributed by atoms with Crippen molar-refractivity contribution in [1.29, 1.82) is 5.26 Å². The summed E-state index contributed by atoms with van der Waals surface area (Å²) in [5.41, 5.74) is 1.88. The lowest BCUT2D eigenvalue weighted by atomic mass is 9.98. The Morgan fingerprint density at radius 2 is 2.00 bits per heavy atom. The summed E-state index contributed by atoms with van der Waals surface area (Å²) in [6, 6.07) is 3.92. The number of nitrogens with zero attached hydrogens (tertiary/aromatic N) is 5. The topological polar surface area (TPSA) is 96.5 Å². The minimum absolute atomic E-state index is 0.0880. The fraction of sp³-hybridized carbons (Fsp3) is 0.500. The maximum Gasteiger partial charge on any atom is 0.252 e. The second kappa shape index (κ2) is 8.38. The molecule has 0 saturated heterocycles. The Balaban J connectivity index is 2.35. The number of nitrogens with one attached hydrogen (secondary N) is 1. The Bertz CT molecular complexity index is 769. The molecule has 2 heterocycles. The van der Waals surface area contributed by atoms with Crippen molar-refractivity contribution in [3.05, 3.63) is 29.2 Å². The van der Waals surface area contributed by atoms with Crippen molar-refractivity contribution in [2.45, 2.75) is 53.4 Å². The average molecular weight is 340 g/mol. The van der Waals surface area contributed by atoms with Crippen LogP contribution in [-0.4, -0.2) is 25.7 Å². The van der Waals surface area contributed by atoms with Crippen LogP contribution < -0.4 is 5.32 Å². The van der Waals surface area contributed by atoms with Gasteiger partial charge in [0.05, 0.1) is 6.20 Å². The molecule has 0 fully saturated rings. The first-order valence-electron chi connectivity index (χ1n) is 8.61. The minimum atomic E-state index is -0.0985. The Morgan fingerprint density at radius 1 is 1.32 bits per heavy atom. The summed E-state index contributed by atoms with van der Waals surface area (Å²) >= 11 is 0. The van der Waals surface area contributed by atoms with Crippen LogP contribution in [0.3, 0.4) is 0 Å². The van der Waals surface area contributed by atoms with Crippen molar-refractivity contribution < 1.29 is 4.79 Å². The molecule has 7 nitrogen and oxygen atoms in total. The zero-order chi connectivity index (χ0) is 18.4. The fourth-order valence-electron chi connectivity index (χ4n) is 2.69. The summed E-state index contributed by atoms with van der Waals surface area (Å²) in [7, 11) is 0. The van der Waals surface area contributed by atoms with Crippen molar-refractivity contribution in [2.75, 3.05) is 5.32 Å². The van der Waals surface area contributed by atoms with E-state index in [1.807, 2.05) is 26.8 Å². The van der Waals surface area contributed by atoms with Crippen molar-refractivity contribution in [1.82, 2.24) is 19.7 Å². The molecule has 0 aliphatic carbocycles. The van der Waals surface area contributed by atoms with Crippen LogP contribution in [-0.2, 0) is 4.79 Å². The quantitative estimate of drug-likeness (QED) is 0.834. The van der Waals surface area contributed by atoms with Gasteiger partial charge in [-0.05, 0) is 32.8 Å². The Morgan fingerprint density at radius 3 is 2.56 bits per heavy atom. The van der Waals surface area contributed by atoms with Crippen LogP contribution in [0.2, 0.25) is 0 Å². The zero-order valence-corrected chi connectivity index (χ0v) is 15.2. The second-order valence-electron chi connectivity index (χ2n) is 6.12. The van der Waals surface area contributed by atoms with Crippen LogP contribution in [0.25, 0.3) is 5.95 Å². The number of rotatable bonds is 7. The van der Waals surface area contributed by atoms with Crippen LogP contribution in [0.4, 0.5) is 5.82 Å². The summed E-state index contributed by atoms with van der Waals surface area (Å²) in [5, 5.41) is 16.4. The maximum atomic E-state index is 12.6. The van der Waals surface area contributed by atoms with Gasteiger partial charge in [0, 0.05) is 17.3 Å². The number of unbranched alkanes of at least 4 members (excludes halogenated alkanes) is 1. The molecule has 0 unspecified atom stereocenters. The number of carbonyl (C=O) groups is 1. The second-order valence-corrected chi connectivity index (χ2v) is 6.12. The third-order valence-corrected chi connectivity index (χ3v) is 4.06. The number of hydrogen-bond acceptors (Lipinski definition) is 5. The number of amides is 1. The van der Waals surface area contributed by atoms with Crippen molar-refractivity contribution in [3.8, 4) is 12.0 Å². The highest BCUT2D eigenvalue weighted by Crippen LogP contribution is 2.21. The lowest BCUT2D eigenvalue weighted by molar-refractivity contribution is -0.120. The standard InChI is InChI=1S/C18H24N6O/c1-5-7-8-14(6-2)17(25)23-16-15(10-19)11-20-24(16)18-21-12(3)9-13(4)22-18/h9,11,14H,5-8H2,1-4H3,(H,23,25)/t14-/m1/s1. The fourth-order valence-corrected chi connectivity index (χ4v) is 2.69. The molecule has 2 rings (SSSR count).